The number of anilines is 1. The van der Waals surface area contributed by atoms with E-state index in [1.54, 1.807) is 0 Å². The second-order valence-corrected chi connectivity index (χ2v) is 5.52. The van der Waals surface area contributed by atoms with E-state index in [9.17, 15) is 0 Å². The van der Waals surface area contributed by atoms with Crippen LogP contribution in [0.25, 0.3) is 16.6 Å². The summed E-state index contributed by atoms with van der Waals surface area (Å²) >= 11 is 0. The number of hydrogen-bond donors (Lipinski definition) is 0. The number of pyridine rings is 1. The Kier molecular flexibility index (Phi) is 2.49. The maximum absolute atomic E-state index is 4.65. The molecule has 4 heteroatoms. The van der Waals surface area contributed by atoms with E-state index in [0.29, 0.717) is 0 Å². The first kappa shape index (κ1) is 11.5. The van der Waals surface area contributed by atoms with E-state index in [-0.39, 0.29) is 0 Å². The summed E-state index contributed by atoms with van der Waals surface area (Å²) in [6.07, 6.45) is 3.94. The molecule has 0 atom stereocenters. The average Bonchev–Trinajstić information content (AvgIpc) is 2.88. The molecule has 0 N–H and O–H groups in total. The lowest BCUT2D eigenvalue weighted by Crippen LogP contribution is -2.45. The molecule has 3 heterocycles. The predicted octanol–water partition coefficient (Wildman–Crippen LogP) is 2.88. The van der Waals surface area contributed by atoms with E-state index in [4.69, 9.17) is 0 Å². The Bertz CT molecular complexity index is 742. The molecule has 0 bridgehead atoms. The molecule has 3 aromatic rings. The van der Waals surface area contributed by atoms with Gasteiger partial charge in [0.05, 0.1) is 11.2 Å². The van der Waals surface area contributed by atoms with Gasteiger partial charge in [-0.1, -0.05) is 25.1 Å². The highest BCUT2D eigenvalue weighted by molar-refractivity contribution is 5.80. The van der Waals surface area contributed by atoms with Gasteiger partial charge in [0.25, 0.3) is 0 Å². The van der Waals surface area contributed by atoms with Crippen molar-refractivity contribution in [1.82, 2.24) is 14.8 Å². The number of fused-ring (bicyclic) bond motifs is 1. The van der Waals surface area contributed by atoms with Crippen LogP contribution in [-0.4, -0.2) is 27.9 Å². The van der Waals surface area contributed by atoms with E-state index in [2.05, 4.69) is 40.1 Å². The van der Waals surface area contributed by atoms with Crippen LogP contribution < -0.4 is 4.90 Å². The molecular formula is C16H16N4. The van der Waals surface area contributed by atoms with Gasteiger partial charge in [-0.3, -0.25) is 0 Å². The average molecular weight is 264 g/mol. The fraction of sp³-hybridized carbons (Fsp3) is 0.250. The zero-order valence-electron chi connectivity index (χ0n) is 11.4. The third kappa shape index (κ3) is 1.84. The highest BCUT2D eigenvalue weighted by Gasteiger charge is 2.23. The SMILES string of the molecule is CC1CN(c2cc3nn(-c4ccccc4)cc3cn2)C1. The lowest BCUT2D eigenvalue weighted by Gasteiger charge is -2.38. The van der Waals surface area contributed by atoms with Crippen molar-refractivity contribution in [2.45, 2.75) is 6.92 Å². The molecular weight excluding hydrogens is 248 g/mol. The molecule has 0 radical (unpaired) electrons. The predicted molar refractivity (Wildman–Crippen MR) is 80.2 cm³/mol. The van der Waals surface area contributed by atoms with Gasteiger partial charge in [0.15, 0.2) is 0 Å². The van der Waals surface area contributed by atoms with Crippen LogP contribution in [0.5, 0.6) is 0 Å². The molecule has 4 nitrogen and oxygen atoms in total. The van der Waals surface area contributed by atoms with Gasteiger partial charge in [0, 0.05) is 36.9 Å². The van der Waals surface area contributed by atoms with Crippen molar-refractivity contribution >= 4 is 16.7 Å². The summed E-state index contributed by atoms with van der Waals surface area (Å²) in [5, 5.41) is 5.73. The van der Waals surface area contributed by atoms with Crippen LogP contribution in [0.1, 0.15) is 6.92 Å². The number of aromatic nitrogens is 3. The van der Waals surface area contributed by atoms with Crippen molar-refractivity contribution < 1.29 is 0 Å². The van der Waals surface area contributed by atoms with Crippen LogP contribution in [0, 0.1) is 5.92 Å². The Balaban J connectivity index is 1.73. The largest absolute Gasteiger partial charge is 0.356 e. The van der Waals surface area contributed by atoms with E-state index >= 15 is 0 Å². The first-order chi connectivity index (χ1) is 9.79. The van der Waals surface area contributed by atoms with Crippen LogP contribution in [-0.2, 0) is 0 Å². The van der Waals surface area contributed by atoms with Gasteiger partial charge in [-0.25, -0.2) is 9.67 Å². The molecule has 0 spiro atoms. The van der Waals surface area contributed by atoms with Crippen molar-refractivity contribution in [2.24, 2.45) is 5.92 Å². The Morgan fingerprint density at radius 3 is 2.70 bits per heavy atom. The van der Waals surface area contributed by atoms with Crippen molar-refractivity contribution in [2.75, 3.05) is 18.0 Å². The number of hydrogen-bond acceptors (Lipinski definition) is 3. The topological polar surface area (TPSA) is 34.0 Å². The van der Waals surface area contributed by atoms with Crippen LogP contribution in [0.4, 0.5) is 5.82 Å². The molecule has 0 saturated carbocycles. The van der Waals surface area contributed by atoms with E-state index in [0.717, 1.165) is 41.4 Å². The highest BCUT2D eigenvalue weighted by Crippen LogP contribution is 2.25. The number of para-hydroxylation sites is 1. The molecule has 1 aliphatic heterocycles. The smallest absolute Gasteiger partial charge is 0.130 e. The van der Waals surface area contributed by atoms with Gasteiger partial charge in [-0.05, 0) is 18.1 Å². The normalized spacial score (nSPS) is 15.6. The third-order valence-corrected chi connectivity index (χ3v) is 3.78. The maximum Gasteiger partial charge on any atom is 0.130 e. The van der Waals surface area contributed by atoms with E-state index < -0.39 is 0 Å². The minimum absolute atomic E-state index is 0.773. The second kappa shape index (κ2) is 4.34. The number of nitrogens with zero attached hydrogens (tertiary/aromatic N) is 4. The molecule has 20 heavy (non-hydrogen) atoms. The lowest BCUT2D eigenvalue weighted by molar-refractivity contribution is 0.443. The van der Waals surface area contributed by atoms with Crippen LogP contribution in [0.3, 0.4) is 0 Å². The van der Waals surface area contributed by atoms with Crippen molar-refractivity contribution in [3.63, 3.8) is 0 Å². The molecule has 2 aromatic heterocycles. The van der Waals surface area contributed by atoms with Gasteiger partial charge in [0.1, 0.15) is 5.82 Å². The first-order valence-electron chi connectivity index (χ1n) is 6.95. The molecule has 0 amide bonds. The molecule has 0 unspecified atom stereocenters. The molecule has 4 rings (SSSR count). The highest BCUT2D eigenvalue weighted by atomic mass is 15.3. The van der Waals surface area contributed by atoms with Crippen molar-refractivity contribution in [1.29, 1.82) is 0 Å². The zero-order valence-corrected chi connectivity index (χ0v) is 11.4. The monoisotopic (exact) mass is 264 g/mol. The summed E-state index contributed by atoms with van der Waals surface area (Å²) in [5.74, 6) is 1.81. The standard InChI is InChI=1S/C16H16N4/c1-12-9-19(10-12)16-7-15-13(8-17-16)11-20(18-15)14-5-3-2-4-6-14/h2-8,11-12H,9-10H2,1H3. The van der Waals surface area contributed by atoms with Crippen LogP contribution in [0.2, 0.25) is 0 Å². The number of rotatable bonds is 2. The molecule has 1 aliphatic rings. The van der Waals surface area contributed by atoms with Crippen LogP contribution >= 0.6 is 0 Å². The maximum atomic E-state index is 4.65. The second-order valence-electron chi connectivity index (χ2n) is 5.52. The summed E-state index contributed by atoms with van der Waals surface area (Å²) in [6.45, 7) is 4.45. The van der Waals surface area contributed by atoms with E-state index in [1.807, 2.05) is 35.3 Å². The van der Waals surface area contributed by atoms with Gasteiger partial charge in [0.2, 0.25) is 0 Å². The Morgan fingerprint density at radius 2 is 1.95 bits per heavy atom. The molecule has 1 aromatic carbocycles. The zero-order chi connectivity index (χ0) is 13.5. The van der Waals surface area contributed by atoms with Crippen molar-refractivity contribution in [3.05, 3.63) is 48.8 Å². The van der Waals surface area contributed by atoms with Gasteiger partial charge >= 0.3 is 0 Å². The minimum atomic E-state index is 0.773. The minimum Gasteiger partial charge on any atom is -0.356 e. The molecule has 100 valence electrons. The summed E-state index contributed by atoms with van der Waals surface area (Å²) < 4.78 is 1.91. The van der Waals surface area contributed by atoms with Crippen molar-refractivity contribution in [3.8, 4) is 5.69 Å². The van der Waals surface area contributed by atoms with Gasteiger partial charge in [-0.2, -0.15) is 5.10 Å². The molecule has 1 saturated heterocycles. The summed E-state index contributed by atoms with van der Waals surface area (Å²) in [6, 6.07) is 12.2. The summed E-state index contributed by atoms with van der Waals surface area (Å²) in [7, 11) is 0. The van der Waals surface area contributed by atoms with Crippen LogP contribution in [0.15, 0.2) is 48.8 Å². The van der Waals surface area contributed by atoms with Gasteiger partial charge < -0.3 is 4.90 Å². The van der Waals surface area contributed by atoms with E-state index in [1.165, 1.54) is 0 Å². The summed E-state index contributed by atoms with van der Waals surface area (Å²) in [4.78, 5) is 6.84. The fourth-order valence-corrected chi connectivity index (χ4v) is 2.68. The first-order valence-corrected chi connectivity index (χ1v) is 6.95. The molecule has 0 aliphatic carbocycles. The third-order valence-electron chi connectivity index (χ3n) is 3.78. The van der Waals surface area contributed by atoms with Gasteiger partial charge in [-0.15, -0.1) is 0 Å². The Labute approximate surface area is 117 Å². The fourth-order valence-electron chi connectivity index (χ4n) is 2.68. The number of benzene rings is 1. The quantitative estimate of drug-likeness (QED) is 0.713. The lowest BCUT2D eigenvalue weighted by atomic mass is 10.0. The molecule has 1 fully saturated rings. The summed E-state index contributed by atoms with van der Waals surface area (Å²) in [5.41, 5.74) is 2.07. The Morgan fingerprint density at radius 1 is 1.15 bits per heavy atom. The Hall–Kier alpha value is -2.36.